The van der Waals surface area contributed by atoms with E-state index in [1.807, 2.05) is 14.0 Å². The fraction of sp³-hybridized carbons (Fsp3) is 0.375. The van der Waals surface area contributed by atoms with Crippen LogP contribution in [0.4, 0.5) is 18.9 Å². The molecule has 0 saturated heterocycles. The van der Waals surface area contributed by atoms with Crippen molar-refractivity contribution in [3.8, 4) is 0 Å². The van der Waals surface area contributed by atoms with Gasteiger partial charge >= 0.3 is 6.18 Å². The molecular formula is C16H18ClF3N4O. The molecule has 0 fully saturated rings. The summed E-state index contributed by atoms with van der Waals surface area (Å²) in [4.78, 5) is 13.8. The lowest BCUT2D eigenvalue weighted by Crippen LogP contribution is -2.30. The zero-order valence-electron chi connectivity index (χ0n) is 14.0. The summed E-state index contributed by atoms with van der Waals surface area (Å²) in [6, 6.07) is 2.81. The Morgan fingerprint density at radius 1 is 1.40 bits per heavy atom. The first kappa shape index (κ1) is 19.3. The van der Waals surface area contributed by atoms with Gasteiger partial charge in [0, 0.05) is 24.8 Å². The van der Waals surface area contributed by atoms with E-state index in [0.29, 0.717) is 6.54 Å². The molecule has 0 unspecified atom stereocenters. The number of likely N-dealkylation sites (N-methyl/N-ethyl adjacent to an activating group) is 1. The molecular weight excluding hydrogens is 357 g/mol. The van der Waals surface area contributed by atoms with Crippen LogP contribution >= 0.6 is 11.6 Å². The summed E-state index contributed by atoms with van der Waals surface area (Å²) in [6.45, 7) is 2.41. The highest BCUT2D eigenvalue weighted by Gasteiger charge is 2.31. The molecule has 1 amide bonds. The standard InChI is InChI=1S/C16H18ClF3N4O/c1-10-11(7-21-24(10)3)8-23(2)9-15(25)22-14-6-12(16(18,19)20)4-5-13(14)17/h4-7H,8-9H2,1-3H3,(H,22,25). The van der Waals surface area contributed by atoms with Crippen molar-refractivity contribution in [1.29, 1.82) is 0 Å². The second kappa shape index (κ2) is 7.45. The predicted molar refractivity (Wildman–Crippen MR) is 89.4 cm³/mol. The maximum Gasteiger partial charge on any atom is 0.416 e. The van der Waals surface area contributed by atoms with Gasteiger partial charge in [-0.05, 0) is 32.2 Å². The Bertz CT molecular complexity index is 773. The van der Waals surface area contributed by atoms with Crippen LogP contribution < -0.4 is 5.32 Å². The van der Waals surface area contributed by atoms with Gasteiger partial charge < -0.3 is 5.32 Å². The van der Waals surface area contributed by atoms with Crippen molar-refractivity contribution in [2.24, 2.45) is 7.05 Å². The van der Waals surface area contributed by atoms with Crippen molar-refractivity contribution in [3.05, 3.63) is 46.2 Å². The molecule has 0 aliphatic carbocycles. The lowest BCUT2D eigenvalue weighted by molar-refractivity contribution is -0.137. The van der Waals surface area contributed by atoms with Gasteiger partial charge in [0.05, 0.1) is 29.0 Å². The molecule has 0 bridgehead atoms. The summed E-state index contributed by atoms with van der Waals surface area (Å²) in [5.74, 6) is -0.453. The molecule has 25 heavy (non-hydrogen) atoms. The quantitative estimate of drug-likeness (QED) is 0.871. The van der Waals surface area contributed by atoms with E-state index < -0.39 is 17.6 Å². The molecule has 1 aromatic carbocycles. The number of halogens is 4. The Morgan fingerprint density at radius 3 is 2.64 bits per heavy atom. The molecule has 0 spiro atoms. The SMILES string of the molecule is Cc1c(CN(C)CC(=O)Nc2cc(C(F)(F)F)ccc2Cl)cnn1C. The second-order valence-corrected chi connectivity index (χ2v) is 6.20. The summed E-state index contributed by atoms with van der Waals surface area (Å²) in [5.41, 5.74) is 1.02. The van der Waals surface area contributed by atoms with Gasteiger partial charge in [0.2, 0.25) is 5.91 Å². The Balaban J connectivity index is 2.01. The number of aromatic nitrogens is 2. The van der Waals surface area contributed by atoms with Crippen LogP contribution in [-0.2, 0) is 24.6 Å². The average Bonchev–Trinajstić information content (AvgIpc) is 2.80. The summed E-state index contributed by atoms with van der Waals surface area (Å²) in [6.07, 6.45) is -2.79. The van der Waals surface area contributed by atoms with Gasteiger partial charge in [-0.3, -0.25) is 14.4 Å². The first-order valence-electron chi connectivity index (χ1n) is 7.40. The number of hydrogen-bond donors (Lipinski definition) is 1. The molecule has 0 saturated carbocycles. The smallest absolute Gasteiger partial charge is 0.324 e. The van der Waals surface area contributed by atoms with Crippen LogP contribution in [0, 0.1) is 6.92 Å². The molecule has 9 heteroatoms. The monoisotopic (exact) mass is 374 g/mol. The van der Waals surface area contributed by atoms with Crippen LogP contribution in [0.5, 0.6) is 0 Å². The zero-order chi connectivity index (χ0) is 18.8. The number of alkyl halides is 3. The Hall–Kier alpha value is -2.06. The maximum atomic E-state index is 12.8. The van der Waals surface area contributed by atoms with Crippen molar-refractivity contribution in [3.63, 3.8) is 0 Å². The van der Waals surface area contributed by atoms with E-state index in [9.17, 15) is 18.0 Å². The van der Waals surface area contributed by atoms with E-state index in [-0.39, 0.29) is 17.3 Å². The number of carbonyl (C=O) groups excluding carboxylic acids is 1. The predicted octanol–water partition coefficient (Wildman–Crippen LogP) is 3.47. The number of rotatable bonds is 5. The molecule has 2 aromatic rings. The first-order valence-corrected chi connectivity index (χ1v) is 7.78. The highest BCUT2D eigenvalue weighted by Crippen LogP contribution is 2.33. The van der Waals surface area contributed by atoms with E-state index in [1.165, 1.54) is 0 Å². The third-order valence-electron chi connectivity index (χ3n) is 3.76. The first-order chi connectivity index (χ1) is 11.6. The molecule has 136 valence electrons. The number of hydrogen-bond acceptors (Lipinski definition) is 3. The highest BCUT2D eigenvalue weighted by molar-refractivity contribution is 6.33. The minimum atomic E-state index is -4.50. The van der Waals surface area contributed by atoms with E-state index in [0.717, 1.165) is 29.5 Å². The average molecular weight is 375 g/mol. The van der Waals surface area contributed by atoms with Crippen molar-refractivity contribution < 1.29 is 18.0 Å². The van der Waals surface area contributed by atoms with Crippen LogP contribution in [0.15, 0.2) is 24.4 Å². The third kappa shape index (κ3) is 4.96. The lowest BCUT2D eigenvalue weighted by Gasteiger charge is -2.17. The summed E-state index contributed by atoms with van der Waals surface area (Å²) in [5, 5.41) is 6.60. The van der Waals surface area contributed by atoms with Crippen molar-refractivity contribution in [1.82, 2.24) is 14.7 Å². The molecule has 1 heterocycles. The fourth-order valence-electron chi connectivity index (χ4n) is 2.28. The largest absolute Gasteiger partial charge is 0.416 e. The maximum absolute atomic E-state index is 12.8. The number of nitrogens with zero attached hydrogens (tertiary/aromatic N) is 3. The molecule has 0 radical (unpaired) electrons. The molecule has 1 aromatic heterocycles. The molecule has 0 aliphatic heterocycles. The molecule has 5 nitrogen and oxygen atoms in total. The molecule has 0 atom stereocenters. The van der Waals surface area contributed by atoms with Crippen LogP contribution in [0.1, 0.15) is 16.8 Å². The van der Waals surface area contributed by atoms with Gasteiger partial charge in [0.1, 0.15) is 0 Å². The van der Waals surface area contributed by atoms with Crippen LogP contribution in [0.25, 0.3) is 0 Å². The van der Waals surface area contributed by atoms with Gasteiger partial charge in [-0.2, -0.15) is 18.3 Å². The van der Waals surface area contributed by atoms with Crippen LogP contribution in [0.2, 0.25) is 5.02 Å². The van der Waals surface area contributed by atoms with Crippen molar-refractivity contribution in [2.75, 3.05) is 18.9 Å². The van der Waals surface area contributed by atoms with Crippen molar-refractivity contribution >= 4 is 23.2 Å². The Labute approximate surface area is 148 Å². The lowest BCUT2D eigenvalue weighted by atomic mass is 10.2. The fourth-order valence-corrected chi connectivity index (χ4v) is 2.44. The van der Waals surface area contributed by atoms with Crippen LogP contribution in [0.3, 0.4) is 0 Å². The number of amides is 1. The van der Waals surface area contributed by atoms with Crippen molar-refractivity contribution in [2.45, 2.75) is 19.6 Å². The van der Waals surface area contributed by atoms with E-state index in [1.54, 1.807) is 22.8 Å². The highest BCUT2D eigenvalue weighted by atomic mass is 35.5. The Kier molecular flexibility index (Phi) is 5.74. The number of nitrogens with one attached hydrogen (secondary N) is 1. The number of aryl methyl sites for hydroxylation is 1. The van der Waals surface area contributed by atoms with Gasteiger partial charge in [-0.25, -0.2) is 0 Å². The third-order valence-corrected chi connectivity index (χ3v) is 4.09. The second-order valence-electron chi connectivity index (χ2n) is 5.79. The minimum absolute atomic E-state index is 0.000901. The summed E-state index contributed by atoms with van der Waals surface area (Å²) < 4.78 is 40.0. The summed E-state index contributed by atoms with van der Waals surface area (Å²) >= 11 is 5.87. The van der Waals surface area contributed by atoms with E-state index in [2.05, 4.69) is 10.4 Å². The van der Waals surface area contributed by atoms with E-state index in [4.69, 9.17) is 11.6 Å². The molecule has 2 rings (SSSR count). The zero-order valence-corrected chi connectivity index (χ0v) is 14.7. The minimum Gasteiger partial charge on any atom is -0.324 e. The van der Waals surface area contributed by atoms with Gasteiger partial charge in [0.15, 0.2) is 0 Å². The Morgan fingerprint density at radius 2 is 2.08 bits per heavy atom. The number of anilines is 1. The summed E-state index contributed by atoms with van der Waals surface area (Å²) in [7, 11) is 3.56. The van der Waals surface area contributed by atoms with Crippen LogP contribution in [-0.4, -0.2) is 34.2 Å². The number of carbonyl (C=O) groups is 1. The molecule has 0 aliphatic rings. The number of benzene rings is 1. The van der Waals surface area contributed by atoms with E-state index >= 15 is 0 Å². The molecule has 1 N–H and O–H groups in total. The van der Waals surface area contributed by atoms with Gasteiger partial charge in [-0.1, -0.05) is 11.6 Å². The van der Waals surface area contributed by atoms with Gasteiger partial charge in [-0.15, -0.1) is 0 Å². The van der Waals surface area contributed by atoms with Gasteiger partial charge in [0.25, 0.3) is 0 Å². The normalized spacial score (nSPS) is 11.8. The topological polar surface area (TPSA) is 50.2 Å².